The lowest BCUT2D eigenvalue weighted by Gasteiger charge is -2.23. The first-order valence-corrected chi connectivity index (χ1v) is 7.00. The first kappa shape index (κ1) is 16.5. The zero-order valence-corrected chi connectivity index (χ0v) is 12.3. The summed E-state index contributed by atoms with van der Waals surface area (Å²) in [5.41, 5.74) is 0. The van der Waals surface area contributed by atoms with Crippen LogP contribution in [0.1, 0.15) is 33.1 Å². The molecule has 0 heterocycles. The Bertz CT molecular complexity index is 382. The predicted octanol–water partition coefficient (Wildman–Crippen LogP) is 1.14. The average molecular weight is 285 g/mol. The summed E-state index contributed by atoms with van der Waals surface area (Å²) < 4.78 is 4.80. The molecule has 1 fully saturated rings. The highest BCUT2D eigenvalue weighted by Crippen LogP contribution is 2.37. The summed E-state index contributed by atoms with van der Waals surface area (Å²) in [6.07, 6.45) is 1.27. The second-order valence-electron chi connectivity index (χ2n) is 5.44. The van der Waals surface area contributed by atoms with Crippen molar-refractivity contribution in [2.45, 2.75) is 33.1 Å². The van der Waals surface area contributed by atoms with Gasteiger partial charge in [-0.25, -0.2) is 0 Å². The fourth-order valence-electron chi connectivity index (χ4n) is 2.72. The van der Waals surface area contributed by atoms with Crippen LogP contribution in [0.25, 0.3) is 0 Å². The maximum Gasteiger partial charge on any atom is 0.307 e. The van der Waals surface area contributed by atoms with Gasteiger partial charge in [0.1, 0.15) is 0 Å². The lowest BCUT2D eigenvalue weighted by molar-refractivity contribution is -0.149. The van der Waals surface area contributed by atoms with Crippen molar-refractivity contribution in [1.82, 2.24) is 4.90 Å². The van der Waals surface area contributed by atoms with Crippen LogP contribution in [-0.2, 0) is 19.1 Å². The number of rotatable bonds is 6. The molecule has 20 heavy (non-hydrogen) atoms. The number of hydrogen-bond acceptors (Lipinski definition) is 4. The Kier molecular flexibility index (Phi) is 5.98. The van der Waals surface area contributed by atoms with E-state index < -0.39 is 17.8 Å². The van der Waals surface area contributed by atoms with Crippen LogP contribution >= 0.6 is 0 Å². The summed E-state index contributed by atoms with van der Waals surface area (Å²) in [6, 6.07) is 0. The van der Waals surface area contributed by atoms with Gasteiger partial charge in [-0.3, -0.25) is 14.4 Å². The summed E-state index contributed by atoms with van der Waals surface area (Å²) >= 11 is 0. The van der Waals surface area contributed by atoms with Crippen LogP contribution in [0.3, 0.4) is 0 Å². The number of carboxylic acid groups (broad SMARTS) is 1. The lowest BCUT2D eigenvalue weighted by Crippen LogP contribution is -2.38. The van der Waals surface area contributed by atoms with Gasteiger partial charge in [0.25, 0.3) is 0 Å². The van der Waals surface area contributed by atoms with E-state index in [2.05, 4.69) is 0 Å². The molecule has 0 bridgehead atoms. The van der Waals surface area contributed by atoms with Gasteiger partial charge >= 0.3 is 11.9 Å². The fourth-order valence-corrected chi connectivity index (χ4v) is 2.72. The molecular formula is C14H23NO5. The molecule has 1 amide bonds. The van der Waals surface area contributed by atoms with Gasteiger partial charge in [0.15, 0.2) is 0 Å². The minimum atomic E-state index is -0.911. The summed E-state index contributed by atoms with van der Waals surface area (Å²) in [5.74, 6) is -2.29. The molecule has 3 atom stereocenters. The number of carbonyl (C=O) groups excluding carboxylic acids is 2. The van der Waals surface area contributed by atoms with E-state index in [4.69, 9.17) is 4.74 Å². The van der Waals surface area contributed by atoms with E-state index in [0.717, 1.165) is 0 Å². The molecule has 114 valence electrons. The third-order valence-corrected chi connectivity index (χ3v) is 3.77. The van der Waals surface area contributed by atoms with Crippen molar-refractivity contribution in [2.75, 3.05) is 20.2 Å². The second kappa shape index (κ2) is 7.26. The zero-order chi connectivity index (χ0) is 15.3. The van der Waals surface area contributed by atoms with Crippen molar-refractivity contribution >= 4 is 17.8 Å². The standard InChI is InChI=1S/C14H23NO5/c1-4-20-12(16)5-6-15(3)13(17)10-7-9(2)8-11(10)14(18)19/h9-11H,4-8H2,1-3H3,(H,18,19). The van der Waals surface area contributed by atoms with E-state index in [1.165, 1.54) is 4.90 Å². The molecule has 6 nitrogen and oxygen atoms in total. The Morgan fingerprint density at radius 2 is 1.85 bits per heavy atom. The van der Waals surface area contributed by atoms with Gasteiger partial charge in [-0.05, 0) is 25.7 Å². The molecule has 1 N–H and O–H groups in total. The third kappa shape index (κ3) is 4.21. The predicted molar refractivity (Wildman–Crippen MR) is 71.9 cm³/mol. The molecule has 1 aliphatic rings. The molecule has 3 unspecified atom stereocenters. The first-order valence-electron chi connectivity index (χ1n) is 7.00. The summed E-state index contributed by atoms with van der Waals surface area (Å²) in [5, 5.41) is 9.18. The summed E-state index contributed by atoms with van der Waals surface area (Å²) in [6.45, 7) is 4.26. The van der Waals surface area contributed by atoms with Gasteiger partial charge in [0, 0.05) is 13.6 Å². The maximum absolute atomic E-state index is 12.3. The average Bonchev–Trinajstić information content (AvgIpc) is 2.77. The number of ether oxygens (including phenoxy) is 1. The van der Waals surface area contributed by atoms with Crippen LogP contribution in [0, 0.1) is 17.8 Å². The molecule has 1 aliphatic carbocycles. The van der Waals surface area contributed by atoms with E-state index in [9.17, 15) is 19.5 Å². The van der Waals surface area contributed by atoms with Gasteiger partial charge in [-0.15, -0.1) is 0 Å². The second-order valence-corrected chi connectivity index (χ2v) is 5.44. The van der Waals surface area contributed by atoms with E-state index in [1.54, 1.807) is 14.0 Å². The molecule has 1 rings (SSSR count). The highest BCUT2D eigenvalue weighted by Gasteiger charge is 2.42. The van der Waals surface area contributed by atoms with Gasteiger partial charge in [-0.1, -0.05) is 6.92 Å². The van der Waals surface area contributed by atoms with Crippen molar-refractivity contribution in [1.29, 1.82) is 0 Å². The van der Waals surface area contributed by atoms with Crippen molar-refractivity contribution < 1.29 is 24.2 Å². The smallest absolute Gasteiger partial charge is 0.307 e. The number of amides is 1. The zero-order valence-electron chi connectivity index (χ0n) is 12.3. The van der Waals surface area contributed by atoms with Crippen molar-refractivity contribution in [3.63, 3.8) is 0 Å². The van der Waals surface area contributed by atoms with Crippen LogP contribution < -0.4 is 0 Å². The number of hydrogen-bond donors (Lipinski definition) is 1. The van der Waals surface area contributed by atoms with Crippen molar-refractivity contribution in [3.8, 4) is 0 Å². The van der Waals surface area contributed by atoms with Gasteiger partial charge in [0.2, 0.25) is 5.91 Å². The highest BCUT2D eigenvalue weighted by molar-refractivity contribution is 5.85. The molecule has 0 aromatic carbocycles. The molecule has 0 aromatic rings. The van der Waals surface area contributed by atoms with E-state index in [0.29, 0.717) is 19.4 Å². The van der Waals surface area contributed by atoms with Crippen LogP contribution in [0.4, 0.5) is 0 Å². The number of carbonyl (C=O) groups is 3. The van der Waals surface area contributed by atoms with Gasteiger partial charge in [-0.2, -0.15) is 0 Å². The van der Waals surface area contributed by atoms with Gasteiger partial charge < -0.3 is 14.7 Å². The molecule has 0 spiro atoms. The quantitative estimate of drug-likeness (QED) is 0.740. The van der Waals surface area contributed by atoms with Crippen molar-refractivity contribution in [3.05, 3.63) is 0 Å². The number of aliphatic carboxylic acids is 1. The number of carboxylic acids is 1. The molecule has 6 heteroatoms. The number of esters is 1. The molecule has 0 saturated heterocycles. The van der Waals surface area contributed by atoms with Crippen molar-refractivity contribution in [2.24, 2.45) is 17.8 Å². The minimum Gasteiger partial charge on any atom is -0.481 e. The fraction of sp³-hybridized carbons (Fsp3) is 0.786. The first-order chi connectivity index (χ1) is 9.36. The van der Waals surface area contributed by atoms with E-state index in [1.807, 2.05) is 6.92 Å². The summed E-state index contributed by atoms with van der Waals surface area (Å²) in [7, 11) is 1.60. The van der Waals surface area contributed by atoms with Crippen LogP contribution in [-0.4, -0.2) is 48.1 Å². The topological polar surface area (TPSA) is 83.9 Å². The largest absolute Gasteiger partial charge is 0.481 e. The Morgan fingerprint density at radius 3 is 2.40 bits per heavy atom. The Morgan fingerprint density at radius 1 is 1.25 bits per heavy atom. The lowest BCUT2D eigenvalue weighted by atomic mass is 9.95. The molecule has 0 aromatic heterocycles. The van der Waals surface area contributed by atoms with E-state index >= 15 is 0 Å². The molecule has 1 saturated carbocycles. The summed E-state index contributed by atoms with van der Waals surface area (Å²) in [4.78, 5) is 36.2. The van der Waals surface area contributed by atoms with Crippen LogP contribution in [0.5, 0.6) is 0 Å². The van der Waals surface area contributed by atoms with Gasteiger partial charge in [0.05, 0.1) is 24.9 Å². The Hall–Kier alpha value is -1.59. The Labute approximate surface area is 119 Å². The SMILES string of the molecule is CCOC(=O)CCN(C)C(=O)C1CC(C)CC1C(=O)O. The van der Waals surface area contributed by atoms with Crippen LogP contribution in [0.15, 0.2) is 0 Å². The molecular weight excluding hydrogens is 262 g/mol. The molecule has 0 aliphatic heterocycles. The number of nitrogens with zero attached hydrogens (tertiary/aromatic N) is 1. The van der Waals surface area contributed by atoms with Crippen LogP contribution in [0.2, 0.25) is 0 Å². The molecule has 0 radical (unpaired) electrons. The maximum atomic E-state index is 12.3. The minimum absolute atomic E-state index is 0.135. The van der Waals surface area contributed by atoms with E-state index in [-0.39, 0.29) is 30.8 Å². The monoisotopic (exact) mass is 285 g/mol. The Balaban J connectivity index is 2.55. The highest BCUT2D eigenvalue weighted by atomic mass is 16.5. The third-order valence-electron chi connectivity index (χ3n) is 3.77. The normalized spacial score (nSPS) is 25.2.